The summed E-state index contributed by atoms with van der Waals surface area (Å²) in [6.07, 6.45) is 1.65. The molecule has 3 nitrogen and oxygen atoms in total. The van der Waals surface area contributed by atoms with E-state index in [1.54, 1.807) is 6.08 Å². The zero-order valence-electron chi connectivity index (χ0n) is 9.97. The van der Waals surface area contributed by atoms with Crippen LogP contribution < -0.4 is 5.32 Å². The quantitative estimate of drug-likeness (QED) is 0.791. The molecule has 2 aliphatic carbocycles. The molecule has 2 N–H and O–H groups in total. The van der Waals surface area contributed by atoms with Gasteiger partial charge in [-0.05, 0) is 16.7 Å². The van der Waals surface area contributed by atoms with Gasteiger partial charge < -0.3 is 5.11 Å². The highest BCUT2D eigenvalue weighted by atomic mass is 16.4. The first-order valence-corrected chi connectivity index (χ1v) is 5.79. The maximum absolute atomic E-state index is 11.3. The van der Waals surface area contributed by atoms with Gasteiger partial charge in [0.2, 0.25) is 0 Å². The van der Waals surface area contributed by atoms with E-state index in [9.17, 15) is 9.90 Å². The highest BCUT2D eigenvalue weighted by Gasteiger charge is 2.23. The van der Waals surface area contributed by atoms with E-state index < -0.39 is 12.0 Å². The normalized spacial score (nSPS) is 12.2. The van der Waals surface area contributed by atoms with E-state index in [0.29, 0.717) is 6.54 Å². The lowest BCUT2D eigenvalue weighted by molar-refractivity contribution is -0.139. The molecule has 0 amide bonds. The van der Waals surface area contributed by atoms with Crippen molar-refractivity contribution >= 4 is 5.97 Å². The molecule has 1 unspecified atom stereocenters. The fraction of sp³-hybridized carbons (Fsp3) is 0.133. The predicted octanol–water partition coefficient (Wildman–Crippen LogP) is 2.69. The van der Waals surface area contributed by atoms with Crippen molar-refractivity contribution in [2.75, 3.05) is 6.54 Å². The molecule has 2 rings (SSSR count). The lowest BCUT2D eigenvalue weighted by Crippen LogP contribution is -2.28. The Balaban J connectivity index is 2.41. The molecule has 0 aromatic rings. The average Bonchev–Trinajstić information content (AvgIpc) is 2.60. The maximum atomic E-state index is 11.3. The van der Waals surface area contributed by atoms with Crippen LogP contribution in [0.3, 0.4) is 0 Å². The van der Waals surface area contributed by atoms with Gasteiger partial charge in [-0.2, -0.15) is 0 Å². The van der Waals surface area contributed by atoms with E-state index in [-0.39, 0.29) is 0 Å². The van der Waals surface area contributed by atoms with Crippen LogP contribution in [0.4, 0.5) is 0 Å². The van der Waals surface area contributed by atoms with Crippen molar-refractivity contribution < 1.29 is 9.90 Å². The number of hydrogen-bond donors (Lipinski definition) is 2. The molecule has 92 valence electrons. The molecule has 18 heavy (non-hydrogen) atoms. The van der Waals surface area contributed by atoms with Crippen molar-refractivity contribution in [2.24, 2.45) is 0 Å². The predicted molar refractivity (Wildman–Crippen MR) is 71.6 cm³/mol. The zero-order valence-corrected chi connectivity index (χ0v) is 9.97. The van der Waals surface area contributed by atoms with Gasteiger partial charge in [-0.1, -0.05) is 48.5 Å². The fourth-order valence-corrected chi connectivity index (χ4v) is 2.02. The summed E-state index contributed by atoms with van der Waals surface area (Å²) in [6.45, 7) is 4.05. The second-order valence-electron chi connectivity index (χ2n) is 4.04. The van der Waals surface area contributed by atoms with Gasteiger partial charge in [0.15, 0.2) is 0 Å². The molecular formula is C15H15NO2. The van der Waals surface area contributed by atoms with Crippen molar-refractivity contribution in [3.8, 4) is 11.1 Å². The number of carboxylic acids is 1. The van der Waals surface area contributed by atoms with Gasteiger partial charge in [-0.3, -0.25) is 10.1 Å². The van der Waals surface area contributed by atoms with Crippen LogP contribution in [0.5, 0.6) is 0 Å². The third-order valence-corrected chi connectivity index (χ3v) is 2.85. The van der Waals surface area contributed by atoms with Crippen LogP contribution in [-0.4, -0.2) is 17.6 Å². The van der Waals surface area contributed by atoms with Gasteiger partial charge in [0.25, 0.3) is 0 Å². The third kappa shape index (κ3) is 2.41. The van der Waals surface area contributed by atoms with Gasteiger partial charge in [-0.25, -0.2) is 0 Å². The minimum Gasteiger partial charge on any atom is -0.480 e. The standard InChI is InChI=1S/C15H15NO2/c1-2-10-16-14(15(17)18)13-9-8-11-6-4-3-5-7-12(11)13/h2-9,14,16H,1,10H2,(H,17,18). The van der Waals surface area contributed by atoms with E-state index in [2.05, 4.69) is 11.9 Å². The zero-order chi connectivity index (χ0) is 13.0. The van der Waals surface area contributed by atoms with Crippen molar-refractivity contribution in [2.45, 2.75) is 6.04 Å². The topological polar surface area (TPSA) is 49.3 Å². The molecule has 0 heterocycles. The Morgan fingerprint density at radius 2 is 2.06 bits per heavy atom. The minimum absolute atomic E-state index is 0.461. The van der Waals surface area contributed by atoms with Crippen molar-refractivity contribution in [3.05, 3.63) is 60.7 Å². The molecule has 0 aliphatic heterocycles. The van der Waals surface area contributed by atoms with Crippen molar-refractivity contribution in [1.29, 1.82) is 0 Å². The molecule has 2 aliphatic rings. The number of hydrogen-bond acceptors (Lipinski definition) is 2. The van der Waals surface area contributed by atoms with Crippen LogP contribution in [0.2, 0.25) is 0 Å². The number of carboxylic acid groups (broad SMARTS) is 1. The molecule has 0 spiro atoms. The summed E-state index contributed by atoms with van der Waals surface area (Å²) in [5.41, 5.74) is 2.79. The van der Waals surface area contributed by atoms with Crippen molar-refractivity contribution in [1.82, 2.24) is 5.32 Å². The van der Waals surface area contributed by atoms with Gasteiger partial charge in [0.05, 0.1) is 0 Å². The monoisotopic (exact) mass is 241 g/mol. The van der Waals surface area contributed by atoms with E-state index >= 15 is 0 Å². The van der Waals surface area contributed by atoms with Crippen LogP contribution >= 0.6 is 0 Å². The Labute approximate surface area is 106 Å². The van der Waals surface area contributed by atoms with Gasteiger partial charge >= 0.3 is 5.97 Å². The van der Waals surface area contributed by atoms with E-state index in [1.807, 2.05) is 42.5 Å². The number of nitrogens with one attached hydrogen (secondary N) is 1. The van der Waals surface area contributed by atoms with Gasteiger partial charge in [0.1, 0.15) is 6.04 Å². The number of rotatable bonds is 5. The van der Waals surface area contributed by atoms with Gasteiger partial charge in [0, 0.05) is 6.54 Å². The summed E-state index contributed by atoms with van der Waals surface area (Å²) in [6, 6.07) is 12.8. The summed E-state index contributed by atoms with van der Waals surface area (Å²) in [4.78, 5) is 11.3. The summed E-state index contributed by atoms with van der Waals surface area (Å²) in [5.74, 6) is -0.879. The second kappa shape index (κ2) is 5.47. The summed E-state index contributed by atoms with van der Waals surface area (Å²) >= 11 is 0. The molecule has 0 aromatic heterocycles. The Hall–Kier alpha value is -2.13. The van der Waals surface area contributed by atoms with E-state index in [4.69, 9.17) is 0 Å². The molecule has 0 radical (unpaired) electrons. The number of fused-ring (bicyclic) bond motifs is 1. The Morgan fingerprint density at radius 1 is 1.28 bits per heavy atom. The second-order valence-corrected chi connectivity index (χ2v) is 4.04. The van der Waals surface area contributed by atoms with Crippen LogP contribution in [0.1, 0.15) is 11.6 Å². The molecule has 3 heteroatoms. The number of aliphatic carboxylic acids is 1. The smallest absolute Gasteiger partial charge is 0.325 e. The first-order valence-electron chi connectivity index (χ1n) is 5.79. The summed E-state index contributed by atoms with van der Waals surface area (Å²) < 4.78 is 0. The van der Waals surface area contributed by atoms with Crippen molar-refractivity contribution in [3.63, 3.8) is 0 Å². The molecular weight excluding hydrogens is 226 g/mol. The molecule has 0 fully saturated rings. The third-order valence-electron chi connectivity index (χ3n) is 2.85. The first-order chi connectivity index (χ1) is 8.74. The van der Waals surface area contributed by atoms with E-state index in [1.165, 1.54) is 0 Å². The van der Waals surface area contributed by atoms with Crippen LogP contribution in [-0.2, 0) is 4.79 Å². The first kappa shape index (κ1) is 12.3. The lowest BCUT2D eigenvalue weighted by Gasteiger charge is -2.13. The Morgan fingerprint density at radius 3 is 2.78 bits per heavy atom. The largest absolute Gasteiger partial charge is 0.480 e. The van der Waals surface area contributed by atoms with Crippen LogP contribution in [0, 0.1) is 0 Å². The van der Waals surface area contributed by atoms with Crippen LogP contribution in [0.25, 0.3) is 11.1 Å². The van der Waals surface area contributed by atoms with E-state index in [0.717, 1.165) is 16.7 Å². The average molecular weight is 241 g/mol. The number of carbonyl (C=O) groups is 1. The lowest BCUT2D eigenvalue weighted by atomic mass is 10.0. The highest BCUT2D eigenvalue weighted by molar-refractivity contribution is 5.82. The molecule has 0 bridgehead atoms. The fourth-order valence-electron chi connectivity index (χ4n) is 2.02. The SMILES string of the molecule is C=CCNC(C(=O)O)c1ccc2cccccc1-2. The van der Waals surface area contributed by atoms with Crippen LogP contribution in [0.15, 0.2) is 55.1 Å². The molecule has 0 aromatic carbocycles. The maximum Gasteiger partial charge on any atom is 0.325 e. The highest BCUT2D eigenvalue weighted by Crippen LogP contribution is 2.31. The summed E-state index contributed by atoms with van der Waals surface area (Å²) in [7, 11) is 0. The molecule has 1 atom stereocenters. The van der Waals surface area contributed by atoms with Gasteiger partial charge in [-0.15, -0.1) is 6.58 Å². The minimum atomic E-state index is -0.879. The molecule has 0 saturated heterocycles. The Kier molecular flexibility index (Phi) is 3.75. The Bertz CT molecular complexity index is 536. The molecule has 0 saturated carbocycles. The summed E-state index contributed by atoms with van der Waals surface area (Å²) in [5, 5.41) is 12.3.